The monoisotopic (exact) mass is 265 g/mol. The Labute approximate surface area is 112 Å². The zero-order valence-electron chi connectivity index (χ0n) is 10.9. The van der Waals surface area contributed by atoms with Gasteiger partial charge in [-0.2, -0.15) is 0 Å². The fraction of sp³-hybridized carbons (Fsp3) is 0.429. The number of carbonyl (C=O) groups is 2. The van der Waals surface area contributed by atoms with E-state index in [2.05, 4.69) is 5.32 Å². The van der Waals surface area contributed by atoms with Crippen molar-refractivity contribution in [2.24, 2.45) is 0 Å². The predicted octanol–water partition coefficient (Wildman–Crippen LogP) is 2.65. The number of hydrogen-bond donors (Lipinski definition) is 1. The lowest BCUT2D eigenvalue weighted by molar-refractivity contribution is -0.109. The average molecular weight is 265 g/mol. The van der Waals surface area contributed by atoms with E-state index in [9.17, 15) is 9.59 Å². The topological polar surface area (TPSA) is 46.2 Å². The van der Waals surface area contributed by atoms with Crippen molar-refractivity contribution in [3.63, 3.8) is 0 Å². The number of hydrogen-bond acceptors (Lipinski definition) is 4. The van der Waals surface area contributed by atoms with Crippen molar-refractivity contribution < 1.29 is 9.59 Å². The molecule has 0 aliphatic rings. The van der Waals surface area contributed by atoms with Gasteiger partial charge in [0.15, 0.2) is 10.9 Å². The summed E-state index contributed by atoms with van der Waals surface area (Å²) in [5, 5.41) is 3.14. The van der Waals surface area contributed by atoms with Crippen molar-refractivity contribution >= 4 is 22.7 Å². The van der Waals surface area contributed by atoms with Gasteiger partial charge >= 0.3 is 0 Å². The fourth-order valence-corrected chi connectivity index (χ4v) is 2.10. The summed E-state index contributed by atoms with van der Waals surface area (Å²) in [6.45, 7) is 2.42. The summed E-state index contributed by atoms with van der Waals surface area (Å²) in [5.74, 6) is 0.847. The third-order valence-electron chi connectivity index (χ3n) is 2.55. The summed E-state index contributed by atoms with van der Waals surface area (Å²) in [6, 6.07) is 7.53. The zero-order chi connectivity index (χ0) is 13.4. The first kappa shape index (κ1) is 14.9. The number of rotatable bonds is 7. The van der Waals surface area contributed by atoms with Crippen molar-refractivity contribution in [2.75, 3.05) is 13.6 Å². The summed E-state index contributed by atoms with van der Waals surface area (Å²) in [7, 11) is 1.88. The Bertz CT molecular complexity index is 401. The summed E-state index contributed by atoms with van der Waals surface area (Å²) in [4.78, 5) is 22.7. The second-order valence-electron chi connectivity index (χ2n) is 4.11. The van der Waals surface area contributed by atoms with Crippen LogP contribution in [0.1, 0.15) is 35.7 Å². The van der Waals surface area contributed by atoms with Gasteiger partial charge in [-0.05, 0) is 25.6 Å². The number of benzene rings is 1. The van der Waals surface area contributed by atoms with Crippen LogP contribution in [0.3, 0.4) is 0 Å². The number of carbonyl (C=O) groups excluding carboxylic acids is 2. The highest BCUT2D eigenvalue weighted by Crippen LogP contribution is 2.14. The highest BCUT2D eigenvalue weighted by atomic mass is 32.2. The number of nitrogens with one attached hydrogen (secondary N) is 1. The van der Waals surface area contributed by atoms with E-state index in [0.717, 1.165) is 24.1 Å². The Morgan fingerprint density at radius 2 is 1.89 bits per heavy atom. The highest BCUT2D eigenvalue weighted by molar-refractivity contribution is 8.12. The largest absolute Gasteiger partial charge is 0.320 e. The van der Waals surface area contributed by atoms with E-state index in [1.54, 1.807) is 6.92 Å². The van der Waals surface area contributed by atoms with Gasteiger partial charge in [0.2, 0.25) is 0 Å². The maximum absolute atomic E-state index is 11.8. The van der Waals surface area contributed by atoms with Crippen LogP contribution in [0.2, 0.25) is 0 Å². The molecule has 0 heterocycles. The summed E-state index contributed by atoms with van der Waals surface area (Å²) in [5.41, 5.74) is 1.82. The molecular formula is C14H19NO2S. The van der Waals surface area contributed by atoms with E-state index < -0.39 is 0 Å². The van der Waals surface area contributed by atoms with Crippen molar-refractivity contribution in [3.8, 4) is 0 Å². The molecule has 0 atom stereocenters. The number of ketones is 1. The second kappa shape index (κ2) is 8.06. The standard InChI is InChI=1S/C14H19NO2S/c1-11(16)18-10-12-5-7-13(8-6-12)14(17)4-3-9-15-2/h5-8,15H,3-4,9-10H2,1-2H3. The third kappa shape index (κ3) is 5.47. The highest BCUT2D eigenvalue weighted by Gasteiger charge is 2.05. The van der Waals surface area contributed by atoms with Gasteiger partial charge in [0.25, 0.3) is 0 Å². The SMILES string of the molecule is CNCCCC(=O)c1ccc(CSC(C)=O)cc1. The Balaban J connectivity index is 2.48. The van der Waals surface area contributed by atoms with Crippen molar-refractivity contribution in [1.82, 2.24) is 5.32 Å². The lowest BCUT2D eigenvalue weighted by Gasteiger charge is -2.03. The maximum Gasteiger partial charge on any atom is 0.186 e. The molecule has 1 N–H and O–H groups in total. The summed E-state index contributed by atoms with van der Waals surface area (Å²) in [6.07, 6.45) is 1.43. The van der Waals surface area contributed by atoms with Gasteiger partial charge in [0.1, 0.15) is 0 Å². The van der Waals surface area contributed by atoms with Crippen LogP contribution in [0.25, 0.3) is 0 Å². The van der Waals surface area contributed by atoms with Gasteiger partial charge in [-0.1, -0.05) is 36.0 Å². The molecule has 3 nitrogen and oxygen atoms in total. The first-order valence-corrected chi connectivity index (χ1v) is 7.02. The minimum atomic E-state index is 0.113. The van der Waals surface area contributed by atoms with Crippen molar-refractivity contribution in [3.05, 3.63) is 35.4 Å². The lowest BCUT2D eigenvalue weighted by atomic mass is 10.1. The zero-order valence-corrected chi connectivity index (χ0v) is 11.7. The van der Waals surface area contributed by atoms with Crippen LogP contribution in [0, 0.1) is 0 Å². The Hall–Kier alpha value is -1.13. The minimum absolute atomic E-state index is 0.113. The third-order valence-corrected chi connectivity index (χ3v) is 3.43. The Morgan fingerprint density at radius 3 is 2.44 bits per heavy atom. The molecule has 0 aromatic heterocycles. The number of thioether (sulfide) groups is 1. The van der Waals surface area contributed by atoms with Gasteiger partial charge in [-0.3, -0.25) is 9.59 Å². The molecule has 0 unspecified atom stereocenters. The molecule has 1 rings (SSSR count). The molecular weight excluding hydrogens is 246 g/mol. The first-order valence-electron chi connectivity index (χ1n) is 6.03. The van der Waals surface area contributed by atoms with E-state index in [1.165, 1.54) is 11.8 Å². The van der Waals surface area contributed by atoms with E-state index in [4.69, 9.17) is 0 Å². The molecule has 0 fully saturated rings. The first-order chi connectivity index (χ1) is 8.63. The smallest absolute Gasteiger partial charge is 0.186 e. The quantitative estimate of drug-likeness (QED) is 0.608. The molecule has 0 saturated heterocycles. The van der Waals surface area contributed by atoms with Crippen LogP contribution in [0.5, 0.6) is 0 Å². The van der Waals surface area contributed by atoms with Crippen LogP contribution < -0.4 is 5.32 Å². The molecule has 0 aliphatic carbocycles. The predicted molar refractivity (Wildman–Crippen MR) is 75.9 cm³/mol. The Kier molecular flexibility index (Phi) is 6.68. The van der Waals surface area contributed by atoms with Gasteiger partial charge in [0.05, 0.1) is 0 Å². The molecule has 1 aromatic rings. The van der Waals surface area contributed by atoms with Gasteiger partial charge in [0, 0.05) is 24.7 Å². The van der Waals surface area contributed by atoms with Crippen LogP contribution in [-0.4, -0.2) is 24.5 Å². The van der Waals surface area contributed by atoms with Crippen LogP contribution in [0.15, 0.2) is 24.3 Å². The summed E-state index contributed by atoms with van der Waals surface area (Å²) >= 11 is 1.28. The molecule has 0 bridgehead atoms. The molecule has 0 saturated carbocycles. The number of Topliss-reactive ketones (excluding diaryl/α,β-unsaturated/α-hetero) is 1. The minimum Gasteiger partial charge on any atom is -0.320 e. The molecule has 4 heteroatoms. The lowest BCUT2D eigenvalue weighted by Crippen LogP contribution is -2.10. The molecule has 0 aliphatic heterocycles. The van der Waals surface area contributed by atoms with Crippen LogP contribution in [-0.2, 0) is 10.5 Å². The summed E-state index contributed by atoms with van der Waals surface area (Å²) < 4.78 is 0. The van der Waals surface area contributed by atoms with E-state index in [1.807, 2.05) is 31.3 Å². The van der Waals surface area contributed by atoms with Gasteiger partial charge < -0.3 is 5.32 Å². The van der Waals surface area contributed by atoms with Crippen LogP contribution in [0.4, 0.5) is 0 Å². The van der Waals surface area contributed by atoms with Crippen molar-refractivity contribution in [1.29, 1.82) is 0 Å². The second-order valence-corrected chi connectivity index (χ2v) is 5.26. The molecule has 98 valence electrons. The van der Waals surface area contributed by atoms with Crippen molar-refractivity contribution in [2.45, 2.75) is 25.5 Å². The van der Waals surface area contributed by atoms with E-state index in [0.29, 0.717) is 12.2 Å². The molecule has 0 amide bonds. The molecule has 0 spiro atoms. The van der Waals surface area contributed by atoms with Crippen LogP contribution >= 0.6 is 11.8 Å². The maximum atomic E-state index is 11.8. The van der Waals surface area contributed by atoms with E-state index in [-0.39, 0.29) is 10.9 Å². The molecule has 0 radical (unpaired) electrons. The normalized spacial score (nSPS) is 10.3. The van der Waals surface area contributed by atoms with Gasteiger partial charge in [-0.25, -0.2) is 0 Å². The molecule has 1 aromatic carbocycles. The fourth-order valence-electron chi connectivity index (χ4n) is 1.54. The van der Waals surface area contributed by atoms with E-state index >= 15 is 0 Å². The molecule has 18 heavy (non-hydrogen) atoms. The van der Waals surface area contributed by atoms with Gasteiger partial charge in [-0.15, -0.1) is 0 Å². The average Bonchev–Trinajstić information content (AvgIpc) is 2.37. The Morgan fingerprint density at radius 1 is 1.22 bits per heavy atom.